The third kappa shape index (κ3) is 1.66. The summed E-state index contributed by atoms with van der Waals surface area (Å²) >= 11 is 0. The van der Waals surface area contributed by atoms with E-state index in [4.69, 9.17) is 5.73 Å². The molecule has 0 radical (unpaired) electrons. The Morgan fingerprint density at radius 2 is 2.00 bits per heavy atom. The van der Waals surface area contributed by atoms with Crippen LogP contribution in [0.4, 0.5) is 5.69 Å². The van der Waals surface area contributed by atoms with E-state index in [1.54, 1.807) is 0 Å². The van der Waals surface area contributed by atoms with Crippen LogP contribution in [0.3, 0.4) is 0 Å². The van der Waals surface area contributed by atoms with E-state index in [1.165, 1.54) is 29.7 Å². The van der Waals surface area contributed by atoms with E-state index >= 15 is 0 Å². The van der Waals surface area contributed by atoms with Gasteiger partial charge in [-0.3, -0.25) is 0 Å². The van der Waals surface area contributed by atoms with Crippen LogP contribution in [0.1, 0.15) is 50.8 Å². The van der Waals surface area contributed by atoms with Crippen LogP contribution in [0.5, 0.6) is 0 Å². The monoisotopic (exact) mass is 230 g/mol. The van der Waals surface area contributed by atoms with E-state index in [0.717, 1.165) is 6.54 Å². The molecule has 1 aromatic rings. The molecule has 0 amide bonds. The predicted octanol–water partition coefficient (Wildman–Crippen LogP) is 3.19. The average Bonchev–Trinajstić information content (AvgIpc) is 3.04. The van der Waals surface area contributed by atoms with Crippen LogP contribution in [0, 0.1) is 5.41 Å². The average molecular weight is 230 g/mol. The number of hydrogen-bond acceptors (Lipinski definition) is 2. The van der Waals surface area contributed by atoms with Gasteiger partial charge in [-0.1, -0.05) is 32.9 Å². The molecule has 1 unspecified atom stereocenters. The molecular weight excluding hydrogens is 208 g/mol. The molecule has 17 heavy (non-hydrogen) atoms. The molecule has 2 nitrogen and oxygen atoms in total. The lowest BCUT2D eigenvalue weighted by Crippen LogP contribution is -2.34. The van der Waals surface area contributed by atoms with Crippen molar-refractivity contribution in [1.29, 1.82) is 0 Å². The van der Waals surface area contributed by atoms with Crippen LogP contribution < -0.4 is 11.1 Å². The third-order valence-corrected chi connectivity index (χ3v) is 4.44. The van der Waals surface area contributed by atoms with Crippen LogP contribution in [0.2, 0.25) is 0 Å². The molecule has 0 saturated heterocycles. The Hall–Kier alpha value is -1.02. The lowest BCUT2D eigenvalue weighted by Gasteiger charge is -2.34. The summed E-state index contributed by atoms with van der Waals surface area (Å²) in [7, 11) is 0. The molecule has 1 spiro atoms. The van der Waals surface area contributed by atoms with Gasteiger partial charge in [-0.05, 0) is 35.4 Å². The molecule has 2 heteroatoms. The quantitative estimate of drug-likeness (QED) is 0.718. The van der Waals surface area contributed by atoms with Crippen molar-refractivity contribution in [3.05, 3.63) is 29.3 Å². The third-order valence-electron chi connectivity index (χ3n) is 4.44. The van der Waals surface area contributed by atoms with Gasteiger partial charge in [-0.2, -0.15) is 0 Å². The summed E-state index contributed by atoms with van der Waals surface area (Å²) in [5, 5.41) is 3.54. The van der Waals surface area contributed by atoms with E-state index in [2.05, 4.69) is 44.3 Å². The Morgan fingerprint density at radius 1 is 1.29 bits per heavy atom. The molecule has 1 aromatic carbocycles. The minimum Gasteiger partial charge on any atom is -0.384 e. The predicted molar refractivity (Wildman–Crippen MR) is 72.2 cm³/mol. The van der Waals surface area contributed by atoms with Crippen LogP contribution in [0.15, 0.2) is 18.2 Å². The van der Waals surface area contributed by atoms with E-state index < -0.39 is 0 Å². The summed E-state index contributed by atoms with van der Waals surface area (Å²) in [5.41, 5.74) is 11.0. The summed E-state index contributed by atoms with van der Waals surface area (Å²) in [5.74, 6) is 0. The second-order valence-electron chi connectivity index (χ2n) is 6.75. The second-order valence-corrected chi connectivity index (χ2v) is 6.75. The van der Waals surface area contributed by atoms with Crippen molar-refractivity contribution in [2.24, 2.45) is 11.1 Å². The highest BCUT2D eigenvalue weighted by Gasteiger charge is 2.50. The molecular formula is C15H22N2. The van der Waals surface area contributed by atoms with Crippen LogP contribution >= 0.6 is 0 Å². The van der Waals surface area contributed by atoms with E-state index in [-0.39, 0.29) is 11.5 Å². The number of rotatable bonds is 0. The van der Waals surface area contributed by atoms with Gasteiger partial charge in [0.05, 0.1) is 0 Å². The maximum Gasteiger partial charge on any atom is 0.0389 e. The maximum absolute atomic E-state index is 6.46. The molecule has 1 heterocycles. The smallest absolute Gasteiger partial charge is 0.0389 e. The van der Waals surface area contributed by atoms with Gasteiger partial charge in [0.25, 0.3) is 0 Å². The fourth-order valence-electron chi connectivity index (χ4n) is 2.81. The molecule has 1 saturated carbocycles. The Morgan fingerprint density at radius 3 is 2.59 bits per heavy atom. The molecule has 3 N–H and O–H groups in total. The van der Waals surface area contributed by atoms with Crippen molar-refractivity contribution in [2.45, 2.75) is 45.1 Å². The topological polar surface area (TPSA) is 38.0 Å². The van der Waals surface area contributed by atoms with E-state index in [0.29, 0.717) is 5.41 Å². The highest BCUT2D eigenvalue weighted by molar-refractivity contribution is 5.58. The summed E-state index contributed by atoms with van der Waals surface area (Å²) in [6.45, 7) is 7.81. The summed E-state index contributed by atoms with van der Waals surface area (Å²) in [6.07, 6.45) is 2.56. The Balaban J connectivity index is 2.04. The number of anilines is 1. The van der Waals surface area contributed by atoms with Gasteiger partial charge in [0, 0.05) is 23.7 Å². The molecule has 2 aliphatic rings. The van der Waals surface area contributed by atoms with Gasteiger partial charge in [0.15, 0.2) is 0 Å². The number of fused-ring (bicyclic) bond motifs is 1. The SMILES string of the molecule is CC(C)(C)c1ccc2c(c1)C(N)C1(CC1)CN2. The van der Waals surface area contributed by atoms with Crippen molar-refractivity contribution < 1.29 is 0 Å². The molecule has 3 rings (SSSR count). The first-order chi connectivity index (χ1) is 7.92. The summed E-state index contributed by atoms with van der Waals surface area (Å²) in [6, 6.07) is 6.96. The van der Waals surface area contributed by atoms with Crippen LogP contribution in [-0.2, 0) is 5.41 Å². The first kappa shape index (κ1) is 11.1. The molecule has 92 valence electrons. The maximum atomic E-state index is 6.46. The number of nitrogens with one attached hydrogen (secondary N) is 1. The van der Waals surface area contributed by atoms with Crippen molar-refractivity contribution in [1.82, 2.24) is 0 Å². The molecule has 1 aliphatic heterocycles. The molecule has 1 aliphatic carbocycles. The minimum atomic E-state index is 0.197. The Bertz CT molecular complexity index is 452. The van der Waals surface area contributed by atoms with E-state index in [1.807, 2.05) is 0 Å². The van der Waals surface area contributed by atoms with Gasteiger partial charge < -0.3 is 11.1 Å². The zero-order valence-electron chi connectivity index (χ0n) is 11.0. The van der Waals surface area contributed by atoms with Gasteiger partial charge in [0.1, 0.15) is 0 Å². The minimum absolute atomic E-state index is 0.197. The Labute approximate surface area is 104 Å². The normalized spacial score (nSPS) is 25.3. The zero-order valence-corrected chi connectivity index (χ0v) is 11.0. The van der Waals surface area contributed by atoms with Crippen LogP contribution in [-0.4, -0.2) is 6.54 Å². The number of nitrogens with two attached hydrogens (primary N) is 1. The van der Waals surface area contributed by atoms with Gasteiger partial charge in [-0.15, -0.1) is 0 Å². The molecule has 1 fully saturated rings. The standard InChI is InChI=1S/C15H22N2/c1-14(2,3)10-4-5-12-11(8-10)13(16)15(6-7-15)9-17-12/h4-5,8,13,17H,6-7,9,16H2,1-3H3. The first-order valence-electron chi connectivity index (χ1n) is 6.56. The number of hydrogen-bond donors (Lipinski definition) is 2. The number of benzene rings is 1. The molecule has 1 atom stereocenters. The van der Waals surface area contributed by atoms with Gasteiger partial charge in [-0.25, -0.2) is 0 Å². The highest BCUT2D eigenvalue weighted by Crippen LogP contribution is 2.57. The first-order valence-corrected chi connectivity index (χ1v) is 6.56. The largest absolute Gasteiger partial charge is 0.384 e. The lowest BCUT2D eigenvalue weighted by atomic mass is 9.81. The molecule has 0 aromatic heterocycles. The van der Waals surface area contributed by atoms with Crippen molar-refractivity contribution in [3.8, 4) is 0 Å². The van der Waals surface area contributed by atoms with Crippen LogP contribution in [0.25, 0.3) is 0 Å². The Kier molecular flexibility index (Phi) is 2.13. The zero-order chi connectivity index (χ0) is 12.3. The second kappa shape index (κ2) is 3.26. The van der Waals surface area contributed by atoms with Crippen molar-refractivity contribution in [2.75, 3.05) is 11.9 Å². The van der Waals surface area contributed by atoms with E-state index in [9.17, 15) is 0 Å². The fraction of sp³-hybridized carbons (Fsp3) is 0.600. The van der Waals surface area contributed by atoms with Crippen molar-refractivity contribution in [3.63, 3.8) is 0 Å². The summed E-state index contributed by atoms with van der Waals surface area (Å²) in [4.78, 5) is 0. The summed E-state index contributed by atoms with van der Waals surface area (Å²) < 4.78 is 0. The van der Waals surface area contributed by atoms with Gasteiger partial charge in [0.2, 0.25) is 0 Å². The molecule has 0 bridgehead atoms. The lowest BCUT2D eigenvalue weighted by molar-refractivity contribution is 0.417. The highest BCUT2D eigenvalue weighted by atomic mass is 15.0. The van der Waals surface area contributed by atoms with Gasteiger partial charge >= 0.3 is 0 Å². The van der Waals surface area contributed by atoms with Crippen molar-refractivity contribution >= 4 is 5.69 Å². The fourth-order valence-corrected chi connectivity index (χ4v) is 2.81.